The molecule has 92 valence electrons. The molecular formula is C17H24. The third-order valence-corrected chi connectivity index (χ3v) is 2.59. The predicted molar refractivity (Wildman–Crippen MR) is 75.9 cm³/mol. The summed E-state index contributed by atoms with van der Waals surface area (Å²) in [6.07, 6.45) is 0. The summed E-state index contributed by atoms with van der Waals surface area (Å²) in [6, 6.07) is 10.6. The van der Waals surface area contributed by atoms with Gasteiger partial charge in [-0.3, -0.25) is 0 Å². The fourth-order valence-corrected chi connectivity index (χ4v) is 1.73. The zero-order valence-electron chi connectivity index (χ0n) is 12.0. The predicted octanol–water partition coefficient (Wildman–Crippen LogP) is 4.87. The van der Waals surface area contributed by atoms with Gasteiger partial charge in [0.05, 0.1) is 5.92 Å². The highest BCUT2D eigenvalue weighted by molar-refractivity contribution is 5.31. The van der Waals surface area contributed by atoms with Crippen molar-refractivity contribution in [2.24, 2.45) is 10.8 Å². The maximum absolute atomic E-state index is 3.47. The van der Waals surface area contributed by atoms with Crippen molar-refractivity contribution in [2.75, 3.05) is 0 Å². The Hall–Kier alpha value is -1.22. The Labute approximate surface area is 106 Å². The van der Waals surface area contributed by atoms with Crippen LogP contribution in [0.1, 0.15) is 53.0 Å². The molecule has 1 atom stereocenters. The number of hydrogen-bond donors (Lipinski definition) is 0. The van der Waals surface area contributed by atoms with E-state index in [1.807, 2.05) is 0 Å². The summed E-state index contributed by atoms with van der Waals surface area (Å²) in [5.74, 6) is 7.14. The Morgan fingerprint density at radius 2 is 1.41 bits per heavy atom. The zero-order chi connectivity index (χ0) is 13.1. The summed E-state index contributed by atoms with van der Waals surface area (Å²) in [4.78, 5) is 0. The third kappa shape index (κ3) is 4.65. The summed E-state index contributed by atoms with van der Waals surface area (Å²) in [5.41, 5.74) is 1.55. The first kappa shape index (κ1) is 13.8. The van der Waals surface area contributed by atoms with Crippen molar-refractivity contribution in [1.82, 2.24) is 0 Å². The van der Waals surface area contributed by atoms with Crippen LogP contribution in [-0.2, 0) is 0 Å². The number of rotatable bonds is 1. The molecule has 0 amide bonds. The van der Waals surface area contributed by atoms with Gasteiger partial charge in [-0.1, -0.05) is 62.9 Å². The molecular weight excluding hydrogens is 204 g/mol. The SMILES string of the molecule is CC(C)(C)C#CC(c1ccccc1)C(C)(C)C. The van der Waals surface area contributed by atoms with Gasteiger partial charge in [-0.15, -0.1) is 0 Å². The van der Waals surface area contributed by atoms with Crippen molar-refractivity contribution in [3.8, 4) is 11.8 Å². The fourth-order valence-electron chi connectivity index (χ4n) is 1.73. The van der Waals surface area contributed by atoms with Crippen molar-refractivity contribution in [2.45, 2.75) is 47.5 Å². The largest absolute Gasteiger partial charge is 0.0967 e. The summed E-state index contributed by atoms with van der Waals surface area (Å²) in [5, 5.41) is 0. The molecule has 1 aromatic rings. The second-order valence-electron chi connectivity index (χ2n) is 6.73. The van der Waals surface area contributed by atoms with E-state index in [0.29, 0.717) is 5.92 Å². The fraction of sp³-hybridized carbons (Fsp3) is 0.529. The molecule has 0 aliphatic rings. The van der Waals surface area contributed by atoms with Crippen molar-refractivity contribution in [3.05, 3.63) is 35.9 Å². The summed E-state index contributed by atoms with van der Waals surface area (Å²) < 4.78 is 0. The lowest BCUT2D eigenvalue weighted by atomic mass is 9.76. The van der Waals surface area contributed by atoms with Crippen molar-refractivity contribution < 1.29 is 0 Å². The Bertz CT molecular complexity index is 401. The molecule has 0 radical (unpaired) electrons. The van der Waals surface area contributed by atoms with Crippen LogP contribution in [0.5, 0.6) is 0 Å². The van der Waals surface area contributed by atoms with Crippen molar-refractivity contribution >= 4 is 0 Å². The molecule has 0 aromatic heterocycles. The lowest BCUT2D eigenvalue weighted by Crippen LogP contribution is -2.17. The van der Waals surface area contributed by atoms with Crippen LogP contribution in [0.15, 0.2) is 30.3 Å². The van der Waals surface area contributed by atoms with Crippen LogP contribution in [0.4, 0.5) is 0 Å². The van der Waals surface area contributed by atoms with Gasteiger partial charge < -0.3 is 0 Å². The molecule has 0 aliphatic heterocycles. The zero-order valence-corrected chi connectivity index (χ0v) is 12.0. The molecule has 0 saturated heterocycles. The molecule has 0 nitrogen and oxygen atoms in total. The summed E-state index contributed by atoms with van der Waals surface area (Å²) in [6.45, 7) is 13.2. The second-order valence-corrected chi connectivity index (χ2v) is 6.73. The molecule has 0 spiro atoms. The third-order valence-electron chi connectivity index (χ3n) is 2.59. The minimum atomic E-state index is 0.0677. The number of benzene rings is 1. The molecule has 0 heterocycles. The van der Waals surface area contributed by atoms with Gasteiger partial charge in [-0.25, -0.2) is 0 Å². The molecule has 0 fully saturated rings. The van der Waals surface area contributed by atoms with Gasteiger partial charge in [0.2, 0.25) is 0 Å². The standard InChI is InChI=1S/C17H24/c1-16(2,3)13-12-15(17(4,5)6)14-10-8-7-9-11-14/h7-11,15H,1-6H3. The van der Waals surface area contributed by atoms with Crippen LogP contribution in [0, 0.1) is 22.7 Å². The Balaban J connectivity index is 3.10. The first-order chi connectivity index (χ1) is 7.70. The van der Waals surface area contributed by atoms with Crippen LogP contribution in [0.25, 0.3) is 0 Å². The molecule has 1 aromatic carbocycles. The van der Waals surface area contributed by atoms with Gasteiger partial charge in [0, 0.05) is 5.41 Å². The molecule has 0 aliphatic carbocycles. The van der Waals surface area contributed by atoms with E-state index in [0.717, 1.165) is 0 Å². The van der Waals surface area contributed by atoms with Crippen molar-refractivity contribution in [1.29, 1.82) is 0 Å². The average Bonchev–Trinajstić information content (AvgIpc) is 2.15. The average molecular weight is 228 g/mol. The van der Waals surface area contributed by atoms with E-state index >= 15 is 0 Å². The van der Waals surface area contributed by atoms with Gasteiger partial charge in [0.25, 0.3) is 0 Å². The van der Waals surface area contributed by atoms with Gasteiger partial charge in [0.1, 0.15) is 0 Å². The molecule has 0 bridgehead atoms. The smallest absolute Gasteiger partial charge is 0.0500 e. The first-order valence-corrected chi connectivity index (χ1v) is 6.28. The first-order valence-electron chi connectivity index (χ1n) is 6.28. The lowest BCUT2D eigenvalue weighted by molar-refractivity contribution is 0.374. The minimum Gasteiger partial charge on any atom is -0.0967 e. The van der Waals surface area contributed by atoms with E-state index in [1.165, 1.54) is 5.56 Å². The summed E-state index contributed by atoms with van der Waals surface area (Å²) >= 11 is 0. The van der Waals surface area contributed by atoms with Crippen LogP contribution in [-0.4, -0.2) is 0 Å². The van der Waals surface area contributed by atoms with Crippen molar-refractivity contribution in [3.63, 3.8) is 0 Å². The van der Waals surface area contributed by atoms with Gasteiger partial charge >= 0.3 is 0 Å². The van der Waals surface area contributed by atoms with Crippen LogP contribution in [0.3, 0.4) is 0 Å². The van der Waals surface area contributed by atoms with E-state index in [9.17, 15) is 0 Å². The topological polar surface area (TPSA) is 0 Å². The quantitative estimate of drug-likeness (QED) is 0.602. The molecule has 1 unspecified atom stereocenters. The Kier molecular flexibility index (Phi) is 4.04. The van der Waals surface area contributed by atoms with E-state index in [4.69, 9.17) is 0 Å². The van der Waals surface area contributed by atoms with Crippen LogP contribution in [0.2, 0.25) is 0 Å². The number of hydrogen-bond acceptors (Lipinski definition) is 0. The van der Waals surface area contributed by atoms with E-state index in [2.05, 4.69) is 83.7 Å². The monoisotopic (exact) mass is 228 g/mol. The van der Waals surface area contributed by atoms with E-state index in [-0.39, 0.29) is 10.8 Å². The highest BCUT2D eigenvalue weighted by Crippen LogP contribution is 2.34. The molecule has 0 N–H and O–H groups in total. The van der Waals surface area contributed by atoms with Gasteiger partial charge in [0.15, 0.2) is 0 Å². The maximum Gasteiger partial charge on any atom is 0.0500 e. The second kappa shape index (κ2) is 4.96. The Morgan fingerprint density at radius 3 is 1.82 bits per heavy atom. The summed E-state index contributed by atoms with van der Waals surface area (Å²) in [7, 11) is 0. The van der Waals surface area contributed by atoms with Crippen LogP contribution < -0.4 is 0 Å². The highest BCUT2D eigenvalue weighted by Gasteiger charge is 2.24. The minimum absolute atomic E-state index is 0.0677. The maximum atomic E-state index is 3.47. The molecule has 1 rings (SSSR count). The lowest BCUT2D eigenvalue weighted by Gasteiger charge is -2.27. The normalized spacial score (nSPS) is 13.8. The molecule has 17 heavy (non-hydrogen) atoms. The van der Waals surface area contributed by atoms with E-state index < -0.39 is 0 Å². The molecule has 0 heteroatoms. The Morgan fingerprint density at radius 1 is 0.882 bits per heavy atom. The van der Waals surface area contributed by atoms with Gasteiger partial charge in [-0.2, -0.15) is 0 Å². The van der Waals surface area contributed by atoms with E-state index in [1.54, 1.807) is 0 Å². The van der Waals surface area contributed by atoms with Crippen LogP contribution >= 0.6 is 0 Å². The highest BCUT2D eigenvalue weighted by atomic mass is 14.3. The molecule has 0 saturated carbocycles. The van der Waals surface area contributed by atoms with Gasteiger partial charge in [-0.05, 0) is 31.7 Å².